The van der Waals surface area contributed by atoms with Gasteiger partial charge < -0.3 is 10.2 Å². The number of carbonyl (C=O) groups is 2. The Morgan fingerprint density at radius 3 is 2.45 bits per heavy atom. The van der Waals surface area contributed by atoms with Crippen LogP contribution in [0.1, 0.15) is 37.7 Å². The summed E-state index contributed by atoms with van der Waals surface area (Å²) in [5, 5.41) is 11.8. The molecule has 0 radical (unpaired) electrons. The third-order valence-corrected chi connectivity index (χ3v) is 11.9. The van der Waals surface area contributed by atoms with Gasteiger partial charge in [0.2, 0.25) is 11.8 Å². The van der Waals surface area contributed by atoms with Crippen LogP contribution in [0.4, 0.5) is 0 Å². The second-order valence-corrected chi connectivity index (χ2v) is 14.8. The van der Waals surface area contributed by atoms with Gasteiger partial charge in [-0.05, 0) is 74.1 Å². The first kappa shape index (κ1) is 28.8. The lowest BCUT2D eigenvalue weighted by atomic mass is 9.94. The van der Waals surface area contributed by atoms with E-state index in [1.807, 2.05) is 0 Å². The maximum absolute atomic E-state index is 14.2. The molecule has 3 fully saturated rings. The Hall–Kier alpha value is -3.98. The van der Waals surface area contributed by atoms with Crippen LogP contribution < -0.4 is 5.32 Å². The molecule has 0 spiro atoms. The van der Waals surface area contributed by atoms with Crippen LogP contribution in [0, 0.1) is 11.3 Å². The SMILES string of the molecule is N#CC1(NC(=O)C2CC(S(=O)(=O)c3ccc(-n4cnc5cnccc54)cc3Cl)CN2C(=O)C2(c3ccc(Cl)cc3)CC2)CC1. The minimum Gasteiger partial charge on any atom is -0.336 e. The maximum atomic E-state index is 14.2. The summed E-state index contributed by atoms with van der Waals surface area (Å²) in [6.07, 6.45) is 6.93. The number of nitrogens with one attached hydrogen (secondary N) is 1. The Balaban J connectivity index is 1.20. The van der Waals surface area contributed by atoms with Gasteiger partial charge in [0.25, 0.3) is 0 Å². The van der Waals surface area contributed by atoms with Crippen molar-refractivity contribution in [1.82, 2.24) is 24.8 Å². The van der Waals surface area contributed by atoms with Gasteiger partial charge in [-0.3, -0.25) is 19.1 Å². The summed E-state index contributed by atoms with van der Waals surface area (Å²) in [6.45, 7) is -0.175. The van der Waals surface area contributed by atoms with E-state index in [4.69, 9.17) is 23.2 Å². The molecule has 7 rings (SSSR count). The third kappa shape index (κ3) is 4.72. The number of hydrogen-bond donors (Lipinski definition) is 1. The van der Waals surface area contributed by atoms with Gasteiger partial charge in [-0.15, -0.1) is 0 Å². The third-order valence-electron chi connectivity index (χ3n) is 9.00. The molecule has 2 saturated carbocycles. The summed E-state index contributed by atoms with van der Waals surface area (Å²) in [4.78, 5) is 37.4. The van der Waals surface area contributed by atoms with Crippen LogP contribution in [0.25, 0.3) is 16.7 Å². The van der Waals surface area contributed by atoms with Crippen molar-refractivity contribution in [2.45, 2.75) is 59.2 Å². The Morgan fingerprint density at radius 1 is 1.05 bits per heavy atom. The van der Waals surface area contributed by atoms with Crippen LogP contribution in [0.15, 0.2) is 72.1 Å². The van der Waals surface area contributed by atoms with E-state index in [2.05, 4.69) is 21.4 Å². The van der Waals surface area contributed by atoms with Crippen LogP contribution in [0.3, 0.4) is 0 Å². The summed E-state index contributed by atoms with van der Waals surface area (Å²) in [7, 11) is -4.08. The van der Waals surface area contributed by atoms with Crippen LogP contribution >= 0.6 is 23.2 Å². The summed E-state index contributed by atoms with van der Waals surface area (Å²) in [5.41, 5.74) is 1.03. The lowest BCUT2D eigenvalue weighted by Crippen LogP contribution is -2.51. The Kier molecular flexibility index (Phi) is 6.73. The number of benzene rings is 2. The molecule has 1 aliphatic heterocycles. The molecule has 10 nitrogen and oxygen atoms in total. The van der Waals surface area contributed by atoms with Crippen molar-refractivity contribution in [2.75, 3.05) is 6.54 Å². The summed E-state index contributed by atoms with van der Waals surface area (Å²) < 4.78 is 29.9. The number of sulfone groups is 1. The number of amides is 2. The van der Waals surface area contributed by atoms with E-state index in [-0.39, 0.29) is 28.8 Å². The normalized spacial score (nSPS) is 21.5. The van der Waals surface area contributed by atoms with Crippen molar-refractivity contribution < 1.29 is 18.0 Å². The van der Waals surface area contributed by atoms with Gasteiger partial charge >= 0.3 is 0 Å². The number of imidazole rings is 1. The van der Waals surface area contributed by atoms with Crippen molar-refractivity contribution >= 4 is 55.9 Å². The average molecular weight is 650 g/mol. The predicted molar refractivity (Wildman–Crippen MR) is 163 cm³/mol. The molecule has 2 aromatic carbocycles. The smallest absolute Gasteiger partial charge is 0.244 e. The number of nitrogens with zero attached hydrogens (tertiary/aromatic N) is 5. The van der Waals surface area contributed by atoms with Crippen LogP contribution in [-0.2, 0) is 24.8 Å². The first-order chi connectivity index (χ1) is 21.1. The second kappa shape index (κ2) is 10.3. The van der Waals surface area contributed by atoms with E-state index < -0.39 is 38.0 Å². The fourth-order valence-electron chi connectivity index (χ4n) is 6.12. The van der Waals surface area contributed by atoms with Crippen molar-refractivity contribution in [3.63, 3.8) is 0 Å². The van der Waals surface area contributed by atoms with Crippen LogP contribution in [-0.4, -0.2) is 63.0 Å². The zero-order chi connectivity index (χ0) is 30.9. The van der Waals surface area contributed by atoms with Gasteiger partial charge in [0.05, 0.1) is 38.4 Å². The highest BCUT2D eigenvalue weighted by atomic mass is 35.5. The Bertz CT molecular complexity index is 1980. The highest BCUT2D eigenvalue weighted by Crippen LogP contribution is 2.51. The molecular formula is C31H26Cl2N6O4S. The molecule has 2 atom stereocenters. The van der Waals surface area contributed by atoms with E-state index in [1.165, 1.54) is 11.0 Å². The molecule has 4 aromatic rings. The first-order valence-electron chi connectivity index (χ1n) is 14.2. The lowest BCUT2D eigenvalue weighted by Gasteiger charge is -2.29. The number of nitriles is 1. The molecule has 2 amide bonds. The fraction of sp³-hybridized carbons (Fsp3) is 0.323. The zero-order valence-corrected chi connectivity index (χ0v) is 25.6. The molecule has 3 heterocycles. The summed E-state index contributed by atoms with van der Waals surface area (Å²) in [5.74, 6) is -0.827. The van der Waals surface area contributed by atoms with Gasteiger partial charge in [-0.25, -0.2) is 13.4 Å². The molecule has 2 aromatic heterocycles. The fourth-order valence-corrected chi connectivity index (χ4v) is 8.48. The zero-order valence-electron chi connectivity index (χ0n) is 23.3. The number of hydrogen-bond acceptors (Lipinski definition) is 7. The van der Waals surface area contributed by atoms with Gasteiger partial charge in [-0.2, -0.15) is 5.26 Å². The molecule has 1 saturated heterocycles. The molecule has 0 bridgehead atoms. The van der Waals surface area contributed by atoms with E-state index >= 15 is 0 Å². The topological polar surface area (TPSA) is 138 Å². The summed E-state index contributed by atoms with van der Waals surface area (Å²) >= 11 is 12.7. The number of likely N-dealkylation sites (tertiary alicyclic amines) is 1. The van der Waals surface area contributed by atoms with Gasteiger partial charge in [0.1, 0.15) is 23.4 Å². The van der Waals surface area contributed by atoms with Gasteiger partial charge in [-0.1, -0.05) is 35.3 Å². The molecule has 3 aliphatic rings. The van der Waals surface area contributed by atoms with Crippen LogP contribution in [0.5, 0.6) is 0 Å². The number of aromatic nitrogens is 3. The second-order valence-electron chi connectivity index (χ2n) is 11.7. The molecule has 1 N–H and O–H groups in total. The average Bonchev–Trinajstić information content (AvgIpc) is 3.89. The predicted octanol–water partition coefficient (Wildman–Crippen LogP) is 4.37. The highest BCUT2D eigenvalue weighted by molar-refractivity contribution is 7.92. The Morgan fingerprint density at radius 2 is 1.80 bits per heavy atom. The van der Waals surface area contributed by atoms with Crippen molar-refractivity contribution in [2.24, 2.45) is 0 Å². The van der Waals surface area contributed by atoms with Crippen molar-refractivity contribution in [3.8, 4) is 11.8 Å². The van der Waals surface area contributed by atoms with Gasteiger partial charge in [0, 0.05) is 23.5 Å². The standard InChI is InChI=1S/C31H26Cl2N6O4S/c32-20-3-1-19(2-4-20)31(10-11-31)29(41)38-16-22(14-26(38)28(40)37-30(17-34)8-9-30)44(42,43)27-6-5-21(13-23(27)33)39-18-36-24-15-35-12-7-25(24)39/h1-7,12-13,15,18,22,26H,8-11,14,16H2,(H,37,40). The molecule has 2 aliphatic carbocycles. The van der Waals surface area contributed by atoms with E-state index in [0.29, 0.717) is 41.9 Å². The Labute approximate surface area is 263 Å². The van der Waals surface area contributed by atoms with E-state index in [1.54, 1.807) is 65.8 Å². The lowest BCUT2D eigenvalue weighted by molar-refractivity contribution is -0.140. The number of carbonyl (C=O) groups excluding carboxylic acids is 2. The monoisotopic (exact) mass is 648 g/mol. The minimum atomic E-state index is -4.08. The van der Waals surface area contributed by atoms with E-state index in [9.17, 15) is 23.3 Å². The quantitative estimate of drug-likeness (QED) is 0.314. The molecule has 13 heteroatoms. The molecule has 224 valence electrons. The molecule has 2 unspecified atom stereocenters. The molecule has 44 heavy (non-hydrogen) atoms. The van der Waals surface area contributed by atoms with E-state index in [0.717, 1.165) is 11.1 Å². The van der Waals surface area contributed by atoms with Crippen molar-refractivity contribution in [1.29, 1.82) is 5.26 Å². The number of pyridine rings is 1. The van der Waals surface area contributed by atoms with Crippen molar-refractivity contribution in [3.05, 3.63) is 82.9 Å². The van der Waals surface area contributed by atoms with Gasteiger partial charge in [0.15, 0.2) is 9.84 Å². The maximum Gasteiger partial charge on any atom is 0.244 e. The minimum absolute atomic E-state index is 0.0189. The summed E-state index contributed by atoms with van der Waals surface area (Å²) in [6, 6.07) is 14.5. The highest BCUT2D eigenvalue weighted by Gasteiger charge is 2.58. The number of rotatable bonds is 7. The number of halogens is 2. The van der Waals surface area contributed by atoms with Crippen LogP contribution in [0.2, 0.25) is 10.0 Å². The largest absolute Gasteiger partial charge is 0.336 e. The first-order valence-corrected chi connectivity index (χ1v) is 16.5. The molecular weight excluding hydrogens is 623 g/mol. The number of fused-ring (bicyclic) bond motifs is 1.